The first kappa shape index (κ1) is 19.0. The van der Waals surface area contributed by atoms with Crippen molar-refractivity contribution in [3.63, 3.8) is 0 Å². The second-order valence-corrected chi connectivity index (χ2v) is 7.76. The molecular weight excluding hydrogens is 392 g/mol. The number of fused-ring (bicyclic) bond motifs is 1. The fourth-order valence-electron chi connectivity index (χ4n) is 3.87. The monoisotopic (exact) mass is 412 g/mol. The van der Waals surface area contributed by atoms with Crippen LogP contribution >= 0.6 is 0 Å². The van der Waals surface area contributed by atoms with E-state index < -0.39 is 11.6 Å². The van der Waals surface area contributed by atoms with Crippen LogP contribution in [0.15, 0.2) is 77.2 Å². The molecule has 3 amide bonds. The van der Waals surface area contributed by atoms with Crippen LogP contribution in [0.1, 0.15) is 29.8 Å². The number of carbonyl (C=O) groups excluding carboxylic acids is 2. The largest absolute Gasteiger partial charge is 0.423 e. The molecule has 154 valence electrons. The molecule has 31 heavy (non-hydrogen) atoms. The van der Waals surface area contributed by atoms with Gasteiger partial charge in [-0.05, 0) is 34.9 Å². The minimum atomic E-state index is -1.16. The van der Waals surface area contributed by atoms with E-state index in [0.717, 1.165) is 26.8 Å². The number of hydrogen-bond donors (Lipinski definition) is 1. The van der Waals surface area contributed by atoms with Gasteiger partial charge in [0, 0.05) is 0 Å². The van der Waals surface area contributed by atoms with Gasteiger partial charge in [-0.2, -0.15) is 0 Å². The van der Waals surface area contributed by atoms with Gasteiger partial charge in [-0.1, -0.05) is 66.7 Å². The number of benzene rings is 3. The van der Waals surface area contributed by atoms with Gasteiger partial charge in [-0.25, -0.2) is 4.79 Å². The molecular formula is C24H20N4O3. The smallest absolute Gasteiger partial charge is 0.325 e. The number of amides is 3. The standard InChI is InChI=1S/C24H20N4O3/c1-24(19-12-11-17-9-5-6-10-18(17)14-19)22(29)28(23(30)25-24)15-21-27-26-20(31-21)13-16-7-3-2-4-8-16/h2-12,14H,13,15H2,1H3,(H,25,30). The Balaban J connectivity index is 1.36. The third kappa shape index (κ3) is 3.44. The van der Waals surface area contributed by atoms with Crippen molar-refractivity contribution >= 4 is 22.7 Å². The van der Waals surface area contributed by atoms with Crippen LogP contribution in [0.5, 0.6) is 0 Å². The molecule has 0 saturated carbocycles. The Morgan fingerprint density at radius 3 is 2.42 bits per heavy atom. The second kappa shape index (κ2) is 7.36. The molecule has 1 aliphatic heterocycles. The van der Waals surface area contributed by atoms with Crippen molar-refractivity contribution in [3.8, 4) is 0 Å². The van der Waals surface area contributed by atoms with E-state index in [9.17, 15) is 9.59 Å². The van der Waals surface area contributed by atoms with Crippen LogP contribution in [-0.2, 0) is 23.3 Å². The molecule has 0 spiro atoms. The van der Waals surface area contributed by atoms with Crippen LogP contribution < -0.4 is 5.32 Å². The molecule has 7 nitrogen and oxygen atoms in total. The lowest BCUT2D eigenvalue weighted by atomic mass is 9.90. The van der Waals surface area contributed by atoms with E-state index in [4.69, 9.17) is 4.42 Å². The van der Waals surface area contributed by atoms with Crippen molar-refractivity contribution in [1.29, 1.82) is 0 Å². The minimum absolute atomic E-state index is 0.0738. The number of imide groups is 1. The molecule has 3 aromatic carbocycles. The zero-order valence-corrected chi connectivity index (χ0v) is 16.9. The highest BCUT2D eigenvalue weighted by Gasteiger charge is 2.49. The summed E-state index contributed by atoms with van der Waals surface area (Å²) in [6, 6.07) is 22.9. The highest BCUT2D eigenvalue weighted by molar-refractivity contribution is 6.07. The van der Waals surface area contributed by atoms with E-state index in [1.54, 1.807) is 6.92 Å². The van der Waals surface area contributed by atoms with E-state index in [-0.39, 0.29) is 18.3 Å². The molecule has 4 aromatic rings. The van der Waals surface area contributed by atoms with Crippen molar-refractivity contribution in [2.75, 3.05) is 0 Å². The highest BCUT2D eigenvalue weighted by atomic mass is 16.4. The summed E-state index contributed by atoms with van der Waals surface area (Å²) >= 11 is 0. The average molecular weight is 412 g/mol. The van der Waals surface area contributed by atoms with Crippen molar-refractivity contribution in [1.82, 2.24) is 20.4 Å². The Hall–Kier alpha value is -4.00. The lowest BCUT2D eigenvalue weighted by molar-refractivity contribution is -0.131. The summed E-state index contributed by atoms with van der Waals surface area (Å²) in [6.45, 7) is 1.64. The van der Waals surface area contributed by atoms with Gasteiger partial charge in [-0.3, -0.25) is 9.69 Å². The van der Waals surface area contributed by atoms with Crippen molar-refractivity contribution in [2.45, 2.75) is 25.4 Å². The van der Waals surface area contributed by atoms with E-state index >= 15 is 0 Å². The van der Waals surface area contributed by atoms with Crippen LogP contribution in [0.2, 0.25) is 0 Å². The Morgan fingerprint density at radius 2 is 1.61 bits per heavy atom. The predicted molar refractivity (Wildman–Crippen MR) is 114 cm³/mol. The van der Waals surface area contributed by atoms with Crippen molar-refractivity contribution < 1.29 is 14.0 Å². The third-order valence-corrected chi connectivity index (χ3v) is 5.60. The molecule has 1 aromatic heterocycles. The normalized spacial score (nSPS) is 18.5. The summed E-state index contributed by atoms with van der Waals surface area (Å²) in [5, 5.41) is 13.0. The van der Waals surface area contributed by atoms with Gasteiger partial charge < -0.3 is 9.73 Å². The molecule has 1 saturated heterocycles. The summed E-state index contributed by atoms with van der Waals surface area (Å²) in [5.41, 5.74) is 0.604. The molecule has 5 rings (SSSR count). The van der Waals surface area contributed by atoms with Gasteiger partial charge in [0.05, 0.1) is 6.42 Å². The van der Waals surface area contributed by atoms with Crippen LogP contribution in [0, 0.1) is 0 Å². The molecule has 0 aliphatic carbocycles. The number of hydrogen-bond acceptors (Lipinski definition) is 5. The summed E-state index contributed by atoms with van der Waals surface area (Å²) in [5.74, 6) is 0.304. The van der Waals surface area contributed by atoms with Crippen LogP contribution in [0.3, 0.4) is 0 Å². The second-order valence-electron chi connectivity index (χ2n) is 7.76. The SMILES string of the molecule is CC1(c2ccc3ccccc3c2)NC(=O)N(Cc2nnc(Cc3ccccc3)o2)C1=O. The predicted octanol–water partition coefficient (Wildman–Crippen LogP) is 3.78. The first-order valence-electron chi connectivity index (χ1n) is 10.0. The van der Waals surface area contributed by atoms with E-state index in [1.165, 1.54) is 0 Å². The first-order valence-corrected chi connectivity index (χ1v) is 10.0. The summed E-state index contributed by atoms with van der Waals surface area (Å²) < 4.78 is 5.68. The van der Waals surface area contributed by atoms with Crippen molar-refractivity contribution in [2.24, 2.45) is 0 Å². The van der Waals surface area contributed by atoms with Crippen LogP contribution in [0.4, 0.5) is 4.79 Å². The third-order valence-electron chi connectivity index (χ3n) is 5.60. The molecule has 0 bridgehead atoms. The molecule has 1 N–H and O–H groups in total. The Bertz CT molecular complexity index is 1280. The number of aromatic nitrogens is 2. The zero-order valence-electron chi connectivity index (χ0n) is 16.9. The van der Waals surface area contributed by atoms with Gasteiger partial charge in [0.2, 0.25) is 11.8 Å². The maximum atomic E-state index is 13.2. The van der Waals surface area contributed by atoms with Gasteiger partial charge >= 0.3 is 6.03 Å². The van der Waals surface area contributed by atoms with Gasteiger partial charge in [0.1, 0.15) is 12.1 Å². The Labute approximate surface area is 178 Å². The Morgan fingerprint density at radius 1 is 0.903 bits per heavy atom. The van der Waals surface area contributed by atoms with E-state index in [2.05, 4.69) is 15.5 Å². The molecule has 0 radical (unpaired) electrons. The van der Waals surface area contributed by atoms with Gasteiger partial charge in [0.25, 0.3) is 5.91 Å². The number of carbonyl (C=O) groups is 2. The number of nitrogens with zero attached hydrogens (tertiary/aromatic N) is 3. The first-order chi connectivity index (χ1) is 15.0. The lowest BCUT2D eigenvalue weighted by Gasteiger charge is -2.22. The fraction of sp³-hybridized carbons (Fsp3) is 0.167. The minimum Gasteiger partial charge on any atom is -0.423 e. The molecule has 1 fully saturated rings. The van der Waals surface area contributed by atoms with E-state index in [1.807, 2.05) is 72.8 Å². The number of urea groups is 1. The summed E-state index contributed by atoms with van der Waals surface area (Å²) in [6.07, 6.45) is 0.489. The Kier molecular flexibility index (Phi) is 4.51. The van der Waals surface area contributed by atoms with Gasteiger partial charge in [-0.15, -0.1) is 10.2 Å². The molecule has 7 heteroatoms. The van der Waals surface area contributed by atoms with E-state index in [0.29, 0.717) is 12.3 Å². The highest BCUT2D eigenvalue weighted by Crippen LogP contribution is 2.31. The average Bonchev–Trinajstić information content (AvgIpc) is 3.32. The van der Waals surface area contributed by atoms with Crippen LogP contribution in [0.25, 0.3) is 10.8 Å². The van der Waals surface area contributed by atoms with Crippen LogP contribution in [-0.4, -0.2) is 27.0 Å². The maximum absolute atomic E-state index is 13.2. The zero-order chi connectivity index (χ0) is 21.4. The number of rotatable bonds is 5. The molecule has 1 atom stereocenters. The lowest BCUT2D eigenvalue weighted by Crippen LogP contribution is -2.40. The number of nitrogens with one attached hydrogen (secondary N) is 1. The quantitative estimate of drug-likeness (QED) is 0.504. The van der Waals surface area contributed by atoms with Gasteiger partial charge in [0.15, 0.2) is 0 Å². The summed E-state index contributed by atoms with van der Waals surface area (Å²) in [7, 11) is 0. The van der Waals surface area contributed by atoms with Crippen molar-refractivity contribution in [3.05, 3.63) is 95.7 Å². The summed E-state index contributed by atoms with van der Waals surface area (Å²) in [4.78, 5) is 27.0. The fourth-order valence-corrected chi connectivity index (χ4v) is 3.87. The topological polar surface area (TPSA) is 88.3 Å². The molecule has 2 heterocycles. The maximum Gasteiger partial charge on any atom is 0.325 e. The molecule has 1 aliphatic rings. The molecule has 1 unspecified atom stereocenters.